The fourth-order valence-corrected chi connectivity index (χ4v) is 4.36. The van der Waals surface area contributed by atoms with Crippen molar-refractivity contribution >= 4 is 17.9 Å². The highest BCUT2D eigenvalue weighted by atomic mass is 16.6. The summed E-state index contributed by atoms with van der Waals surface area (Å²) in [7, 11) is 0. The van der Waals surface area contributed by atoms with E-state index >= 15 is 0 Å². The molecule has 4 fully saturated rings. The monoisotopic (exact) mass is 374 g/mol. The number of hydrogen-bond acceptors (Lipinski definition) is 6. The van der Waals surface area contributed by atoms with Crippen LogP contribution in [0.3, 0.4) is 0 Å². The molecular weight excluding hydrogens is 352 g/mol. The molecule has 0 aromatic carbocycles. The Morgan fingerprint density at radius 1 is 1.26 bits per heavy atom. The van der Waals surface area contributed by atoms with Crippen LogP contribution in [0, 0.1) is 12.8 Å². The van der Waals surface area contributed by atoms with E-state index in [0.717, 1.165) is 18.5 Å². The molecule has 5 rings (SSSR count). The van der Waals surface area contributed by atoms with Crippen LogP contribution in [-0.4, -0.2) is 82.1 Å². The maximum Gasteiger partial charge on any atom is 0.411 e. The van der Waals surface area contributed by atoms with E-state index in [4.69, 9.17) is 9.26 Å². The summed E-state index contributed by atoms with van der Waals surface area (Å²) in [4.78, 5) is 42.4. The fourth-order valence-electron chi connectivity index (χ4n) is 4.36. The van der Waals surface area contributed by atoms with Crippen LogP contribution in [0.25, 0.3) is 0 Å². The molecule has 0 N–H and O–H groups in total. The first kappa shape index (κ1) is 16.6. The van der Waals surface area contributed by atoms with Crippen molar-refractivity contribution in [2.75, 3.05) is 32.7 Å². The number of hydrogen-bond donors (Lipinski definition) is 0. The lowest BCUT2D eigenvalue weighted by Crippen LogP contribution is -2.72. The van der Waals surface area contributed by atoms with E-state index in [1.807, 2.05) is 6.92 Å². The van der Waals surface area contributed by atoms with Gasteiger partial charge >= 0.3 is 6.09 Å². The van der Waals surface area contributed by atoms with Gasteiger partial charge in [-0.2, -0.15) is 0 Å². The van der Waals surface area contributed by atoms with Crippen molar-refractivity contribution in [3.05, 3.63) is 17.5 Å². The van der Waals surface area contributed by atoms with Gasteiger partial charge in [0, 0.05) is 31.6 Å². The summed E-state index contributed by atoms with van der Waals surface area (Å²) in [5.74, 6) is 0.814. The van der Waals surface area contributed by atoms with Crippen LogP contribution in [-0.2, 0) is 20.7 Å². The Kier molecular flexibility index (Phi) is 3.50. The van der Waals surface area contributed by atoms with Gasteiger partial charge in [-0.05, 0) is 19.8 Å². The second-order valence-electron chi connectivity index (χ2n) is 8.06. The molecule has 1 aromatic rings. The van der Waals surface area contributed by atoms with E-state index in [-0.39, 0.29) is 36.3 Å². The molecular formula is C18H22N4O5. The molecule has 9 heteroatoms. The Morgan fingerprint density at radius 3 is 2.70 bits per heavy atom. The van der Waals surface area contributed by atoms with Gasteiger partial charge in [0.15, 0.2) is 5.60 Å². The molecule has 1 aromatic heterocycles. The number of piperazine rings is 1. The maximum atomic E-state index is 12.7. The highest BCUT2D eigenvalue weighted by Gasteiger charge is 2.63. The fraction of sp³-hybridized carbons (Fsp3) is 0.667. The summed E-state index contributed by atoms with van der Waals surface area (Å²) in [5, 5.41) is 3.81. The zero-order valence-corrected chi connectivity index (χ0v) is 15.2. The van der Waals surface area contributed by atoms with Crippen molar-refractivity contribution in [2.24, 2.45) is 5.92 Å². The summed E-state index contributed by atoms with van der Waals surface area (Å²) >= 11 is 0. The molecule has 9 nitrogen and oxygen atoms in total. The standard InChI is InChI=1S/C18H22N4O5/c1-11-6-13(27-19-11)7-15(23)20-4-5-22-14(8-20)18(26-17(22)25)9-21(10-18)16(24)12-2-3-12/h6,12,14H,2-5,7-10H2,1H3. The molecule has 4 aliphatic rings. The first-order chi connectivity index (χ1) is 12.9. The molecule has 144 valence electrons. The van der Waals surface area contributed by atoms with Crippen LogP contribution < -0.4 is 0 Å². The zero-order valence-electron chi connectivity index (χ0n) is 15.2. The summed E-state index contributed by atoms with van der Waals surface area (Å²) in [6.07, 6.45) is 1.74. The van der Waals surface area contributed by atoms with E-state index in [9.17, 15) is 14.4 Å². The van der Waals surface area contributed by atoms with Crippen molar-refractivity contribution in [1.82, 2.24) is 19.9 Å². The number of ether oxygens (including phenoxy) is 1. The van der Waals surface area contributed by atoms with Crippen molar-refractivity contribution in [3.8, 4) is 0 Å². The summed E-state index contributed by atoms with van der Waals surface area (Å²) < 4.78 is 10.8. The van der Waals surface area contributed by atoms with Crippen molar-refractivity contribution in [3.63, 3.8) is 0 Å². The van der Waals surface area contributed by atoms with Gasteiger partial charge in [0.2, 0.25) is 11.8 Å². The highest BCUT2D eigenvalue weighted by molar-refractivity contribution is 5.83. The number of aryl methyl sites for hydroxylation is 1. The number of aromatic nitrogens is 1. The van der Waals surface area contributed by atoms with E-state index in [1.54, 1.807) is 20.8 Å². The molecule has 0 radical (unpaired) electrons. The Labute approximate surface area is 156 Å². The molecule has 1 spiro atoms. The molecule has 3 saturated heterocycles. The summed E-state index contributed by atoms with van der Waals surface area (Å²) in [5.41, 5.74) is 0.0647. The topological polar surface area (TPSA) is 96.2 Å². The van der Waals surface area contributed by atoms with Gasteiger partial charge in [-0.25, -0.2) is 4.79 Å². The number of nitrogens with zero attached hydrogens (tertiary/aromatic N) is 4. The third-order valence-electron chi connectivity index (χ3n) is 6.02. The van der Waals surface area contributed by atoms with Gasteiger partial charge in [-0.15, -0.1) is 0 Å². The minimum atomic E-state index is -0.677. The second kappa shape index (κ2) is 5.71. The van der Waals surface area contributed by atoms with E-state index in [0.29, 0.717) is 38.5 Å². The average Bonchev–Trinajstić information content (AvgIpc) is 3.33. The van der Waals surface area contributed by atoms with Crippen molar-refractivity contribution < 1.29 is 23.6 Å². The number of carbonyl (C=O) groups is 3. The lowest BCUT2D eigenvalue weighted by molar-refractivity contribution is -0.158. The maximum absolute atomic E-state index is 12.7. The van der Waals surface area contributed by atoms with Crippen LogP contribution in [0.15, 0.2) is 10.6 Å². The molecule has 4 heterocycles. The van der Waals surface area contributed by atoms with Crippen LogP contribution in [0.5, 0.6) is 0 Å². The SMILES string of the molecule is Cc1cc(CC(=O)N2CCN3C(=O)OC4(CN(C(=O)C5CC5)C4)C3C2)on1. The van der Waals surface area contributed by atoms with E-state index in [2.05, 4.69) is 5.16 Å². The first-order valence-electron chi connectivity index (χ1n) is 9.43. The normalized spacial score (nSPS) is 26.0. The average molecular weight is 374 g/mol. The number of fused-ring (bicyclic) bond motifs is 2. The molecule has 1 unspecified atom stereocenters. The van der Waals surface area contributed by atoms with Crippen LogP contribution in [0.2, 0.25) is 0 Å². The number of carbonyl (C=O) groups excluding carboxylic acids is 3. The Bertz CT molecular complexity index is 810. The molecule has 0 bridgehead atoms. The molecule has 1 aliphatic carbocycles. The van der Waals surface area contributed by atoms with Crippen molar-refractivity contribution in [1.29, 1.82) is 0 Å². The minimum absolute atomic E-state index is 0.0504. The van der Waals surface area contributed by atoms with E-state index in [1.165, 1.54) is 0 Å². The molecule has 1 atom stereocenters. The Hall–Kier alpha value is -2.58. The minimum Gasteiger partial charge on any atom is -0.437 e. The van der Waals surface area contributed by atoms with Gasteiger partial charge in [0.05, 0.1) is 31.2 Å². The highest BCUT2D eigenvalue weighted by Crippen LogP contribution is 2.42. The molecule has 27 heavy (non-hydrogen) atoms. The quantitative estimate of drug-likeness (QED) is 0.749. The predicted molar refractivity (Wildman–Crippen MR) is 90.5 cm³/mol. The predicted octanol–water partition coefficient (Wildman–Crippen LogP) is 0.180. The summed E-state index contributed by atoms with van der Waals surface area (Å²) in [6, 6.07) is 1.55. The van der Waals surface area contributed by atoms with Crippen LogP contribution in [0.4, 0.5) is 4.79 Å². The molecule has 3 aliphatic heterocycles. The van der Waals surface area contributed by atoms with Gasteiger partial charge in [0.1, 0.15) is 5.76 Å². The lowest BCUT2D eigenvalue weighted by atomic mass is 9.84. The number of likely N-dealkylation sites (tertiary alicyclic amines) is 1. The third kappa shape index (κ3) is 2.67. The number of rotatable bonds is 3. The lowest BCUT2D eigenvalue weighted by Gasteiger charge is -2.51. The summed E-state index contributed by atoms with van der Waals surface area (Å²) in [6.45, 7) is 4.01. The van der Waals surface area contributed by atoms with Gasteiger partial charge < -0.3 is 19.1 Å². The largest absolute Gasteiger partial charge is 0.437 e. The first-order valence-corrected chi connectivity index (χ1v) is 9.43. The molecule has 1 saturated carbocycles. The van der Waals surface area contributed by atoms with Crippen molar-refractivity contribution in [2.45, 2.75) is 37.8 Å². The van der Waals surface area contributed by atoms with Gasteiger partial charge in [-0.3, -0.25) is 14.5 Å². The van der Waals surface area contributed by atoms with Crippen LogP contribution in [0.1, 0.15) is 24.3 Å². The zero-order chi connectivity index (χ0) is 18.8. The van der Waals surface area contributed by atoms with E-state index < -0.39 is 5.60 Å². The van der Waals surface area contributed by atoms with Gasteiger partial charge in [-0.1, -0.05) is 5.16 Å². The Balaban J connectivity index is 1.26. The van der Waals surface area contributed by atoms with Gasteiger partial charge in [0.25, 0.3) is 0 Å². The smallest absolute Gasteiger partial charge is 0.411 e. The van der Waals surface area contributed by atoms with Crippen LogP contribution >= 0.6 is 0 Å². The molecule has 3 amide bonds. The third-order valence-corrected chi connectivity index (χ3v) is 6.02. The number of amides is 3. The Morgan fingerprint density at radius 2 is 2.04 bits per heavy atom. The second-order valence-corrected chi connectivity index (χ2v) is 8.06.